The molecule has 3 aliphatic rings. The second kappa shape index (κ2) is 13.6. The van der Waals surface area contributed by atoms with Gasteiger partial charge < -0.3 is 10.6 Å². The second-order valence-electron chi connectivity index (χ2n) is 11.6. The number of carbonyl (C=O) groups is 1. The van der Waals surface area contributed by atoms with E-state index in [-0.39, 0.29) is 10.9 Å². The van der Waals surface area contributed by atoms with Gasteiger partial charge in [0.1, 0.15) is 12.3 Å². The molecule has 1 aromatic heterocycles. The summed E-state index contributed by atoms with van der Waals surface area (Å²) in [5, 5.41) is 5.47. The van der Waals surface area contributed by atoms with Crippen LogP contribution in [0.25, 0.3) is 0 Å². The van der Waals surface area contributed by atoms with Crippen molar-refractivity contribution in [1.82, 2.24) is 19.5 Å². The second-order valence-corrected chi connectivity index (χ2v) is 13.6. The van der Waals surface area contributed by atoms with Gasteiger partial charge in [-0.15, -0.1) is 0 Å². The van der Waals surface area contributed by atoms with E-state index in [1.54, 1.807) is 30.6 Å². The molecule has 2 heterocycles. The van der Waals surface area contributed by atoms with Crippen LogP contribution in [-0.4, -0.2) is 73.2 Å². The highest BCUT2D eigenvalue weighted by Crippen LogP contribution is 2.40. The van der Waals surface area contributed by atoms with Gasteiger partial charge in [0, 0.05) is 56.8 Å². The number of benzene rings is 1. The van der Waals surface area contributed by atoms with Gasteiger partial charge in [-0.05, 0) is 99.1 Å². The number of amides is 2. The number of alkyl halides is 2. The lowest BCUT2D eigenvalue weighted by molar-refractivity contribution is 0.0161. The zero-order chi connectivity index (χ0) is 28.8. The molecule has 2 N–H and O–H groups in total. The van der Waals surface area contributed by atoms with E-state index in [1.165, 1.54) is 16.4 Å². The first-order valence-electron chi connectivity index (χ1n) is 14.9. The Morgan fingerprint density at radius 2 is 1.46 bits per heavy atom. The fourth-order valence-electron chi connectivity index (χ4n) is 6.78. The molecule has 0 unspecified atom stereocenters. The molecule has 0 atom stereocenters. The Morgan fingerprint density at radius 3 is 2.00 bits per heavy atom. The maximum atomic E-state index is 13.9. The lowest BCUT2D eigenvalue weighted by Crippen LogP contribution is -2.56. The standard InChI is InChI=1S/C30H41F2N5O3S/c31-25-7-3-23(4-8-25)29(24-5-9-26(32)10-6-24)36-16-18-37(19-17-36)41(39,40)28-13-11-27(12-14-28)35-30(38)34-21-22-2-1-15-33-20-22/h1-2,11-15,20,23-26,29H,3-10,16-19,21H2,(H2,34,35,38). The number of nitrogens with one attached hydrogen (secondary N) is 2. The molecule has 0 radical (unpaired) electrons. The number of anilines is 1. The summed E-state index contributed by atoms with van der Waals surface area (Å²) in [4.78, 5) is 18.9. The monoisotopic (exact) mass is 589 g/mol. The number of urea groups is 1. The Labute approximate surface area is 241 Å². The number of carbonyl (C=O) groups excluding carboxylic acids is 1. The third-order valence-corrected chi connectivity index (χ3v) is 10.9. The molecule has 2 aliphatic carbocycles. The van der Waals surface area contributed by atoms with Gasteiger partial charge in [-0.3, -0.25) is 9.88 Å². The molecule has 0 bridgehead atoms. The summed E-state index contributed by atoms with van der Waals surface area (Å²) >= 11 is 0. The normalized spacial score (nSPS) is 27.2. The number of piperazine rings is 1. The molecular formula is C30H41F2N5O3S. The van der Waals surface area contributed by atoms with Crippen LogP contribution >= 0.6 is 0 Å². The van der Waals surface area contributed by atoms with E-state index in [1.807, 2.05) is 6.07 Å². The third-order valence-electron chi connectivity index (χ3n) is 8.99. The van der Waals surface area contributed by atoms with E-state index in [0.717, 1.165) is 31.2 Å². The van der Waals surface area contributed by atoms with Crippen molar-refractivity contribution >= 4 is 21.7 Å². The molecule has 224 valence electrons. The zero-order valence-corrected chi connectivity index (χ0v) is 24.2. The van der Waals surface area contributed by atoms with Crippen LogP contribution in [0.4, 0.5) is 19.3 Å². The number of halogens is 2. The SMILES string of the molecule is O=C(NCc1cccnc1)Nc1ccc(S(=O)(=O)N2CCN(C(C3CCC(F)CC3)C3CCC(F)CC3)CC2)cc1. The molecule has 1 saturated heterocycles. The van der Waals surface area contributed by atoms with Crippen molar-refractivity contribution in [3.05, 3.63) is 54.4 Å². The minimum Gasteiger partial charge on any atom is -0.334 e. The first kappa shape index (κ1) is 29.8. The van der Waals surface area contributed by atoms with Gasteiger partial charge in [0.05, 0.1) is 4.90 Å². The Kier molecular flexibility index (Phi) is 9.87. The number of aromatic nitrogens is 1. The summed E-state index contributed by atoms with van der Waals surface area (Å²) in [7, 11) is -3.69. The van der Waals surface area contributed by atoms with Crippen molar-refractivity contribution in [1.29, 1.82) is 0 Å². The molecular weight excluding hydrogens is 548 g/mol. The van der Waals surface area contributed by atoms with E-state index in [0.29, 0.717) is 75.9 Å². The fourth-order valence-corrected chi connectivity index (χ4v) is 8.21. The Bertz CT molecular complexity index is 1200. The quantitative estimate of drug-likeness (QED) is 0.445. The van der Waals surface area contributed by atoms with Crippen molar-refractivity contribution in [3.8, 4) is 0 Å². The molecule has 2 amide bonds. The molecule has 1 aromatic carbocycles. The molecule has 11 heteroatoms. The van der Waals surface area contributed by atoms with E-state index in [4.69, 9.17) is 0 Å². The predicted octanol–water partition coefficient (Wildman–Crippen LogP) is 5.13. The summed E-state index contributed by atoms with van der Waals surface area (Å²) in [6.45, 7) is 2.32. The van der Waals surface area contributed by atoms with Crippen LogP contribution in [0.15, 0.2) is 53.7 Å². The van der Waals surface area contributed by atoms with Crippen LogP contribution in [0.1, 0.15) is 56.9 Å². The maximum Gasteiger partial charge on any atom is 0.319 e. The molecule has 2 saturated carbocycles. The van der Waals surface area contributed by atoms with E-state index >= 15 is 0 Å². The minimum absolute atomic E-state index is 0.186. The van der Waals surface area contributed by atoms with Crippen LogP contribution in [0, 0.1) is 11.8 Å². The highest BCUT2D eigenvalue weighted by atomic mass is 32.2. The molecule has 5 rings (SSSR count). The average Bonchev–Trinajstić information content (AvgIpc) is 2.99. The highest BCUT2D eigenvalue weighted by molar-refractivity contribution is 7.89. The topological polar surface area (TPSA) is 94.6 Å². The number of rotatable bonds is 8. The predicted molar refractivity (Wildman–Crippen MR) is 154 cm³/mol. The van der Waals surface area contributed by atoms with Gasteiger partial charge >= 0.3 is 6.03 Å². The first-order chi connectivity index (χ1) is 19.8. The number of hydrogen-bond acceptors (Lipinski definition) is 5. The van der Waals surface area contributed by atoms with Crippen molar-refractivity contribution in [2.45, 2.75) is 81.2 Å². The average molecular weight is 590 g/mol. The molecule has 3 fully saturated rings. The summed E-state index contributed by atoms with van der Waals surface area (Å²) in [5.41, 5.74) is 1.36. The minimum atomic E-state index is -3.69. The van der Waals surface area contributed by atoms with E-state index < -0.39 is 28.4 Å². The van der Waals surface area contributed by atoms with Crippen LogP contribution in [0.5, 0.6) is 0 Å². The molecule has 0 spiro atoms. The van der Waals surface area contributed by atoms with Crippen molar-refractivity contribution < 1.29 is 22.0 Å². The Morgan fingerprint density at radius 1 is 0.878 bits per heavy atom. The van der Waals surface area contributed by atoms with Gasteiger partial charge in [0.15, 0.2) is 0 Å². The van der Waals surface area contributed by atoms with Crippen LogP contribution in [-0.2, 0) is 16.6 Å². The smallest absolute Gasteiger partial charge is 0.319 e. The molecule has 1 aliphatic heterocycles. The summed E-state index contributed by atoms with van der Waals surface area (Å²) in [6, 6.07) is 9.74. The number of nitrogens with zero attached hydrogens (tertiary/aromatic N) is 3. The van der Waals surface area contributed by atoms with E-state index in [9.17, 15) is 22.0 Å². The van der Waals surface area contributed by atoms with Crippen molar-refractivity contribution in [3.63, 3.8) is 0 Å². The van der Waals surface area contributed by atoms with Crippen LogP contribution in [0.2, 0.25) is 0 Å². The summed E-state index contributed by atoms with van der Waals surface area (Å²) in [6.07, 6.45) is 7.64. The van der Waals surface area contributed by atoms with Gasteiger partial charge in [-0.1, -0.05) is 6.07 Å². The van der Waals surface area contributed by atoms with E-state index in [2.05, 4.69) is 20.5 Å². The molecule has 8 nitrogen and oxygen atoms in total. The zero-order valence-electron chi connectivity index (χ0n) is 23.4. The van der Waals surface area contributed by atoms with Gasteiger partial charge in [-0.25, -0.2) is 22.0 Å². The van der Waals surface area contributed by atoms with Crippen molar-refractivity contribution in [2.75, 3.05) is 31.5 Å². The Balaban J connectivity index is 1.17. The lowest BCUT2D eigenvalue weighted by atomic mass is 9.72. The van der Waals surface area contributed by atoms with Gasteiger partial charge in [0.25, 0.3) is 0 Å². The fraction of sp³-hybridized carbons (Fsp3) is 0.600. The number of sulfonamides is 1. The molecule has 41 heavy (non-hydrogen) atoms. The number of pyridine rings is 1. The van der Waals surface area contributed by atoms with Crippen LogP contribution in [0.3, 0.4) is 0 Å². The van der Waals surface area contributed by atoms with Crippen LogP contribution < -0.4 is 10.6 Å². The largest absolute Gasteiger partial charge is 0.334 e. The van der Waals surface area contributed by atoms with Gasteiger partial charge in [0.2, 0.25) is 10.0 Å². The number of hydrogen-bond donors (Lipinski definition) is 2. The summed E-state index contributed by atoms with van der Waals surface area (Å²) in [5.74, 6) is 0.765. The highest BCUT2D eigenvalue weighted by Gasteiger charge is 2.40. The first-order valence-corrected chi connectivity index (χ1v) is 16.3. The third kappa shape index (κ3) is 7.61. The van der Waals surface area contributed by atoms with Crippen molar-refractivity contribution in [2.24, 2.45) is 11.8 Å². The van der Waals surface area contributed by atoms with Gasteiger partial charge in [-0.2, -0.15) is 4.31 Å². The summed E-state index contributed by atoms with van der Waals surface area (Å²) < 4.78 is 56.3. The lowest BCUT2D eigenvalue weighted by Gasteiger charge is -2.47. The Hall–Kier alpha value is -2.63. The maximum absolute atomic E-state index is 13.9. The molecule has 2 aromatic rings.